The number of benzene rings is 1. The first-order valence-corrected chi connectivity index (χ1v) is 6.31. The first-order valence-electron chi connectivity index (χ1n) is 4.29. The monoisotopic (exact) mass is 315 g/mol. The van der Waals surface area contributed by atoms with Crippen LogP contribution in [0, 0.1) is 0 Å². The van der Waals surface area contributed by atoms with Crippen molar-refractivity contribution in [3.05, 3.63) is 33.1 Å². The molecule has 1 aromatic rings. The van der Waals surface area contributed by atoms with E-state index in [1.165, 1.54) is 11.8 Å². The van der Waals surface area contributed by atoms with Crippen molar-refractivity contribution in [1.29, 1.82) is 0 Å². The van der Waals surface area contributed by atoms with Crippen LogP contribution in [0.2, 0.25) is 0 Å². The maximum absolute atomic E-state index is 11.4. The smallest absolute Gasteiger partial charge is 0.263 e. The van der Waals surface area contributed by atoms with Crippen molar-refractivity contribution in [2.75, 3.05) is 0 Å². The number of hydrogen-bond donors (Lipinski definition) is 2. The number of halogens is 1. The fraction of sp³-hybridized carbons (Fsp3) is 0. The number of carbonyl (C=O) groups is 1. The summed E-state index contributed by atoms with van der Waals surface area (Å²) in [5, 5.41) is 11.9. The molecule has 82 valence electrons. The minimum Gasteiger partial charge on any atom is -0.507 e. The number of nitrogens with one attached hydrogen (secondary N) is 1. The molecule has 1 heterocycles. The first-order chi connectivity index (χ1) is 7.56. The SMILES string of the molecule is O=C1NC(=S)SC1=Cc1ccc(O)c(Br)c1. The van der Waals surface area contributed by atoms with E-state index in [1.54, 1.807) is 24.3 Å². The summed E-state index contributed by atoms with van der Waals surface area (Å²) < 4.78 is 1.06. The lowest BCUT2D eigenvalue weighted by Crippen LogP contribution is -2.17. The quantitative estimate of drug-likeness (QED) is 0.618. The van der Waals surface area contributed by atoms with Crippen molar-refractivity contribution < 1.29 is 9.90 Å². The minimum atomic E-state index is -0.181. The largest absolute Gasteiger partial charge is 0.507 e. The number of thiocarbonyl (C=S) groups is 1. The molecule has 0 bridgehead atoms. The Bertz CT molecular complexity index is 514. The highest BCUT2D eigenvalue weighted by molar-refractivity contribution is 9.10. The van der Waals surface area contributed by atoms with Gasteiger partial charge in [-0.3, -0.25) is 4.79 Å². The first kappa shape index (κ1) is 11.6. The predicted octanol–water partition coefficient (Wildman–Crippen LogP) is 2.64. The molecular formula is C10H6BrNO2S2. The molecule has 0 radical (unpaired) electrons. The van der Waals surface area contributed by atoms with Gasteiger partial charge >= 0.3 is 0 Å². The number of phenols is 1. The van der Waals surface area contributed by atoms with Gasteiger partial charge < -0.3 is 10.4 Å². The molecule has 0 spiro atoms. The van der Waals surface area contributed by atoms with Crippen molar-refractivity contribution in [1.82, 2.24) is 5.32 Å². The Kier molecular flexibility index (Phi) is 3.32. The fourth-order valence-electron chi connectivity index (χ4n) is 1.19. The summed E-state index contributed by atoms with van der Waals surface area (Å²) in [7, 11) is 0. The van der Waals surface area contributed by atoms with E-state index in [0.717, 1.165) is 5.56 Å². The van der Waals surface area contributed by atoms with Crippen molar-refractivity contribution in [2.24, 2.45) is 0 Å². The molecule has 3 nitrogen and oxygen atoms in total. The number of hydrogen-bond acceptors (Lipinski definition) is 4. The molecule has 1 amide bonds. The van der Waals surface area contributed by atoms with Crippen LogP contribution in [0.25, 0.3) is 6.08 Å². The molecule has 0 aromatic heterocycles. The second-order valence-corrected chi connectivity index (χ2v) is 5.64. The van der Waals surface area contributed by atoms with E-state index in [-0.39, 0.29) is 11.7 Å². The van der Waals surface area contributed by atoms with Gasteiger partial charge in [0.25, 0.3) is 5.91 Å². The zero-order valence-electron chi connectivity index (χ0n) is 7.86. The molecule has 6 heteroatoms. The van der Waals surface area contributed by atoms with E-state index in [4.69, 9.17) is 12.2 Å². The molecule has 2 rings (SSSR count). The Morgan fingerprint density at radius 2 is 2.25 bits per heavy atom. The van der Waals surface area contributed by atoms with Crippen LogP contribution in [0.5, 0.6) is 5.75 Å². The summed E-state index contributed by atoms with van der Waals surface area (Å²) in [5.74, 6) is -0.0135. The van der Waals surface area contributed by atoms with Crippen LogP contribution >= 0.6 is 39.9 Å². The number of aromatic hydroxyl groups is 1. The van der Waals surface area contributed by atoms with E-state index >= 15 is 0 Å². The van der Waals surface area contributed by atoms with Crippen LogP contribution in [0.15, 0.2) is 27.6 Å². The number of amides is 1. The van der Waals surface area contributed by atoms with Crippen LogP contribution in [-0.4, -0.2) is 15.3 Å². The standard InChI is InChI=1S/C10H6BrNO2S2/c11-6-3-5(1-2-7(6)13)4-8-9(14)12-10(15)16-8/h1-4,13H,(H,12,14,15). The Morgan fingerprint density at radius 3 is 2.81 bits per heavy atom. The van der Waals surface area contributed by atoms with Gasteiger partial charge in [0.2, 0.25) is 0 Å². The van der Waals surface area contributed by atoms with Gasteiger partial charge in [0.1, 0.15) is 10.1 Å². The minimum absolute atomic E-state index is 0.168. The highest BCUT2D eigenvalue weighted by Gasteiger charge is 2.21. The van der Waals surface area contributed by atoms with Crippen molar-refractivity contribution in [3.63, 3.8) is 0 Å². The van der Waals surface area contributed by atoms with Crippen molar-refractivity contribution in [2.45, 2.75) is 0 Å². The number of thioether (sulfide) groups is 1. The third kappa shape index (κ3) is 2.45. The molecule has 0 unspecified atom stereocenters. The summed E-state index contributed by atoms with van der Waals surface area (Å²) in [4.78, 5) is 12.0. The lowest BCUT2D eigenvalue weighted by Gasteiger charge is -1.99. The number of phenolic OH excluding ortho intramolecular Hbond substituents is 1. The molecule has 16 heavy (non-hydrogen) atoms. The highest BCUT2D eigenvalue weighted by Crippen LogP contribution is 2.29. The zero-order valence-corrected chi connectivity index (χ0v) is 11.1. The second kappa shape index (κ2) is 4.57. The average molecular weight is 316 g/mol. The second-order valence-electron chi connectivity index (χ2n) is 3.06. The van der Waals surface area contributed by atoms with Crippen LogP contribution in [-0.2, 0) is 4.79 Å². The Labute approximate surface area is 110 Å². The average Bonchev–Trinajstić information content (AvgIpc) is 2.51. The van der Waals surface area contributed by atoms with Gasteiger partial charge in [0.05, 0.1) is 9.38 Å². The molecule has 1 aliphatic rings. The van der Waals surface area contributed by atoms with E-state index in [2.05, 4.69) is 21.2 Å². The lowest BCUT2D eigenvalue weighted by molar-refractivity contribution is -0.115. The topological polar surface area (TPSA) is 49.3 Å². The highest BCUT2D eigenvalue weighted by atomic mass is 79.9. The molecule has 0 atom stereocenters. The molecule has 1 saturated heterocycles. The van der Waals surface area contributed by atoms with Crippen LogP contribution in [0.1, 0.15) is 5.56 Å². The summed E-state index contributed by atoms with van der Waals surface area (Å²) >= 11 is 9.32. The molecule has 1 aromatic carbocycles. The molecule has 2 N–H and O–H groups in total. The molecule has 0 aliphatic carbocycles. The van der Waals surface area contributed by atoms with E-state index in [1.807, 2.05) is 0 Å². The zero-order chi connectivity index (χ0) is 11.7. The maximum Gasteiger partial charge on any atom is 0.263 e. The van der Waals surface area contributed by atoms with Gasteiger partial charge in [-0.15, -0.1) is 0 Å². The lowest BCUT2D eigenvalue weighted by atomic mass is 10.2. The van der Waals surface area contributed by atoms with Crippen LogP contribution in [0.3, 0.4) is 0 Å². The molecule has 1 fully saturated rings. The Hall–Kier alpha value is -0.850. The maximum atomic E-state index is 11.4. The van der Waals surface area contributed by atoms with Crippen molar-refractivity contribution >= 4 is 56.2 Å². The predicted molar refractivity (Wildman–Crippen MR) is 72.1 cm³/mol. The van der Waals surface area contributed by atoms with Gasteiger partial charge in [-0.1, -0.05) is 30.0 Å². The third-order valence-electron chi connectivity index (χ3n) is 1.91. The third-order valence-corrected chi connectivity index (χ3v) is 3.71. The van der Waals surface area contributed by atoms with Gasteiger partial charge in [-0.05, 0) is 39.7 Å². The van der Waals surface area contributed by atoms with E-state index in [0.29, 0.717) is 13.7 Å². The molecule has 0 saturated carbocycles. The van der Waals surface area contributed by atoms with E-state index in [9.17, 15) is 9.90 Å². The van der Waals surface area contributed by atoms with Gasteiger partial charge in [-0.25, -0.2) is 0 Å². The number of carbonyl (C=O) groups excluding carboxylic acids is 1. The fourth-order valence-corrected chi connectivity index (χ4v) is 2.63. The van der Waals surface area contributed by atoms with Gasteiger partial charge in [-0.2, -0.15) is 0 Å². The molecule has 1 aliphatic heterocycles. The summed E-state index contributed by atoms with van der Waals surface area (Å²) in [5.41, 5.74) is 0.826. The van der Waals surface area contributed by atoms with Crippen LogP contribution in [0.4, 0.5) is 0 Å². The summed E-state index contributed by atoms with van der Waals surface area (Å²) in [6.45, 7) is 0. The Balaban J connectivity index is 2.32. The normalized spacial score (nSPS) is 17.9. The van der Waals surface area contributed by atoms with Gasteiger partial charge in [0, 0.05) is 0 Å². The van der Waals surface area contributed by atoms with Gasteiger partial charge in [0.15, 0.2) is 0 Å². The Morgan fingerprint density at radius 1 is 1.50 bits per heavy atom. The number of rotatable bonds is 1. The van der Waals surface area contributed by atoms with Crippen molar-refractivity contribution in [3.8, 4) is 5.75 Å². The summed E-state index contributed by atoms with van der Waals surface area (Å²) in [6.07, 6.45) is 1.73. The molecular weight excluding hydrogens is 310 g/mol. The summed E-state index contributed by atoms with van der Waals surface area (Å²) in [6, 6.07) is 5.02. The van der Waals surface area contributed by atoms with E-state index < -0.39 is 0 Å². The van der Waals surface area contributed by atoms with Crippen LogP contribution < -0.4 is 5.32 Å².